The van der Waals surface area contributed by atoms with Crippen LogP contribution in [0, 0.1) is 11.8 Å². The van der Waals surface area contributed by atoms with Gasteiger partial charge in [-0.3, -0.25) is 0 Å². The molecule has 2 aliphatic carbocycles. The quantitative estimate of drug-likeness (QED) is 0.473. The molecule has 2 unspecified atom stereocenters. The van der Waals surface area contributed by atoms with Crippen molar-refractivity contribution in [1.82, 2.24) is 0 Å². The van der Waals surface area contributed by atoms with Crippen LogP contribution in [0.3, 0.4) is 0 Å². The van der Waals surface area contributed by atoms with Crippen molar-refractivity contribution in [2.45, 2.75) is 53.4 Å². The molecule has 0 nitrogen and oxygen atoms in total. The summed E-state index contributed by atoms with van der Waals surface area (Å²) in [5, 5.41) is 0. The Bertz CT molecular complexity index is 416. The molecule has 0 spiro atoms. The third-order valence-corrected chi connectivity index (χ3v) is 8.43. The fourth-order valence-electron chi connectivity index (χ4n) is 2.84. The topological polar surface area (TPSA) is 0 Å². The molecule has 2 aliphatic rings. The Kier molecular flexibility index (Phi) is 11.0. The zero-order valence-electron chi connectivity index (χ0n) is 13.5. The molecule has 2 rings (SSSR count). The second-order valence-corrected chi connectivity index (χ2v) is 9.41. The van der Waals surface area contributed by atoms with Crippen molar-refractivity contribution >= 4 is 0 Å². The predicted octanol–water partition coefficient (Wildman–Crippen LogP) is -0.403. The van der Waals surface area contributed by atoms with E-state index >= 15 is 0 Å². The minimum atomic E-state index is -0.516. The molecule has 0 aromatic heterocycles. The standard InChI is InChI=1S/2C9H13.2BrH.Zr/c2*1-3-8(2)9-6-4-5-7-9;;;/h2*4,6,8H,3,5H2,1-2H3;2*1H;/q;;;;+2/p-2. The zero-order chi connectivity index (χ0) is 13.8. The third kappa shape index (κ3) is 5.43. The fourth-order valence-corrected chi connectivity index (χ4v) is 7.14. The molecule has 21 heavy (non-hydrogen) atoms. The van der Waals surface area contributed by atoms with Gasteiger partial charge in [0.25, 0.3) is 0 Å². The summed E-state index contributed by atoms with van der Waals surface area (Å²) in [6.45, 7) is 9.41. The summed E-state index contributed by atoms with van der Waals surface area (Å²) >= 11 is -0.516. The molecule has 116 valence electrons. The van der Waals surface area contributed by atoms with Crippen LogP contribution in [0.25, 0.3) is 0 Å². The number of rotatable bonds is 6. The Balaban J connectivity index is 0.00000200. The van der Waals surface area contributed by atoms with Crippen LogP contribution in [0.1, 0.15) is 53.4 Å². The average Bonchev–Trinajstić information content (AvgIpc) is 3.06. The largest absolute Gasteiger partial charge is 1.00 e. The zero-order valence-corrected chi connectivity index (χ0v) is 19.2. The Morgan fingerprint density at radius 1 is 0.857 bits per heavy atom. The molecule has 0 radical (unpaired) electrons. The van der Waals surface area contributed by atoms with Gasteiger partial charge in [0.05, 0.1) is 0 Å². The van der Waals surface area contributed by atoms with Crippen LogP contribution in [0.5, 0.6) is 0 Å². The van der Waals surface area contributed by atoms with Crippen molar-refractivity contribution < 1.29 is 57.2 Å². The van der Waals surface area contributed by atoms with Crippen LogP contribution < -0.4 is 34.0 Å². The monoisotopic (exact) mass is 490 g/mol. The first kappa shape index (κ1) is 21.8. The van der Waals surface area contributed by atoms with E-state index in [1.54, 1.807) is 11.1 Å². The molecule has 0 saturated heterocycles. The van der Waals surface area contributed by atoms with Crippen LogP contribution >= 0.6 is 0 Å². The van der Waals surface area contributed by atoms with E-state index in [9.17, 15) is 0 Å². The van der Waals surface area contributed by atoms with Crippen LogP contribution in [0.2, 0.25) is 0 Å². The number of hydrogen-bond acceptors (Lipinski definition) is 0. The first-order valence-corrected chi connectivity index (χ1v) is 10.2. The minimum Gasteiger partial charge on any atom is -1.00 e. The van der Waals surface area contributed by atoms with Crippen molar-refractivity contribution in [2.75, 3.05) is 0 Å². The van der Waals surface area contributed by atoms with E-state index in [-0.39, 0.29) is 34.0 Å². The molecular weight excluding hydrogens is 467 g/mol. The summed E-state index contributed by atoms with van der Waals surface area (Å²) in [4.78, 5) is 0. The summed E-state index contributed by atoms with van der Waals surface area (Å²) in [6.07, 6.45) is 14.7. The smallest absolute Gasteiger partial charge is 1.00 e. The first-order valence-electron chi connectivity index (χ1n) is 7.73. The summed E-state index contributed by atoms with van der Waals surface area (Å²) in [5.74, 6) is 1.52. The predicted molar refractivity (Wildman–Crippen MR) is 80.5 cm³/mol. The normalized spacial score (nSPS) is 19.2. The van der Waals surface area contributed by atoms with Gasteiger partial charge in [0.2, 0.25) is 0 Å². The molecule has 3 heteroatoms. The number of allylic oxidation sites excluding steroid dienone is 8. The summed E-state index contributed by atoms with van der Waals surface area (Å²) in [6, 6.07) is 0. The first-order chi connectivity index (χ1) is 9.17. The average molecular weight is 493 g/mol. The fraction of sp³-hybridized carbons (Fsp3) is 0.556. The van der Waals surface area contributed by atoms with E-state index < -0.39 is 23.2 Å². The van der Waals surface area contributed by atoms with Gasteiger partial charge in [-0.2, -0.15) is 0 Å². The van der Waals surface area contributed by atoms with Gasteiger partial charge >= 0.3 is 130 Å². The van der Waals surface area contributed by atoms with Crippen molar-refractivity contribution in [1.29, 1.82) is 0 Å². The van der Waals surface area contributed by atoms with E-state index in [1.165, 1.54) is 25.7 Å². The molecule has 0 bridgehead atoms. The molecule has 0 aromatic carbocycles. The molecular formula is C18H26Br2Zr. The van der Waals surface area contributed by atoms with Gasteiger partial charge in [-0.25, -0.2) is 0 Å². The molecule has 0 N–H and O–H groups in total. The third-order valence-electron chi connectivity index (χ3n) is 4.52. The Hall–Kier alpha value is 0.803. The van der Waals surface area contributed by atoms with E-state index in [4.69, 9.17) is 0 Å². The SMILES string of the molecule is CCC(C)C1=[C]([Zr+2][C]2=C(C(C)CC)C=CC2)CC=C1.[Br-].[Br-]. The maximum Gasteiger partial charge on any atom is -1.00 e. The van der Waals surface area contributed by atoms with E-state index in [0.717, 1.165) is 11.8 Å². The minimum absolute atomic E-state index is 0. The second-order valence-electron chi connectivity index (χ2n) is 5.82. The van der Waals surface area contributed by atoms with Crippen LogP contribution in [-0.4, -0.2) is 0 Å². The van der Waals surface area contributed by atoms with E-state index in [2.05, 4.69) is 52.0 Å². The molecule has 0 saturated carbocycles. The molecule has 0 heterocycles. The maximum absolute atomic E-state index is 2.41. The van der Waals surface area contributed by atoms with Crippen molar-refractivity contribution in [3.8, 4) is 0 Å². The van der Waals surface area contributed by atoms with Gasteiger partial charge in [-0.1, -0.05) is 0 Å². The van der Waals surface area contributed by atoms with E-state index in [1.807, 2.05) is 6.56 Å². The van der Waals surface area contributed by atoms with Crippen LogP contribution in [0.4, 0.5) is 0 Å². The van der Waals surface area contributed by atoms with Crippen LogP contribution in [0.15, 0.2) is 42.0 Å². The van der Waals surface area contributed by atoms with Gasteiger partial charge < -0.3 is 34.0 Å². The van der Waals surface area contributed by atoms with E-state index in [0.29, 0.717) is 0 Å². The summed E-state index contributed by atoms with van der Waals surface area (Å²) in [7, 11) is 0. The summed E-state index contributed by atoms with van der Waals surface area (Å²) < 4.78 is 3.69. The Labute approximate surface area is 163 Å². The molecule has 0 aliphatic heterocycles. The molecule has 0 aromatic rings. The van der Waals surface area contributed by atoms with Gasteiger partial charge in [0.1, 0.15) is 0 Å². The van der Waals surface area contributed by atoms with Gasteiger partial charge in [-0.15, -0.1) is 0 Å². The molecule has 0 amide bonds. The van der Waals surface area contributed by atoms with Gasteiger partial charge in [0, 0.05) is 0 Å². The van der Waals surface area contributed by atoms with Crippen molar-refractivity contribution in [3.05, 3.63) is 42.0 Å². The number of hydrogen-bond donors (Lipinski definition) is 0. The van der Waals surface area contributed by atoms with Gasteiger partial charge in [0.15, 0.2) is 0 Å². The Morgan fingerprint density at radius 3 is 1.57 bits per heavy atom. The number of halogens is 2. The van der Waals surface area contributed by atoms with Crippen molar-refractivity contribution in [2.24, 2.45) is 11.8 Å². The van der Waals surface area contributed by atoms with Crippen molar-refractivity contribution in [3.63, 3.8) is 0 Å². The molecule has 0 fully saturated rings. The van der Waals surface area contributed by atoms with Gasteiger partial charge in [-0.05, 0) is 0 Å². The summed E-state index contributed by atoms with van der Waals surface area (Å²) in [5.41, 5.74) is 3.38. The molecule has 2 atom stereocenters. The second kappa shape index (κ2) is 10.6. The maximum atomic E-state index is 2.41. The van der Waals surface area contributed by atoms with Crippen LogP contribution in [-0.2, 0) is 23.2 Å². The Morgan fingerprint density at radius 2 is 1.24 bits per heavy atom.